The molecule has 1 aliphatic carbocycles. The summed E-state index contributed by atoms with van der Waals surface area (Å²) in [5.41, 5.74) is 0. The van der Waals surface area contributed by atoms with Crippen molar-refractivity contribution in [2.75, 3.05) is 0 Å². The molecule has 7 heteroatoms. The van der Waals surface area contributed by atoms with E-state index in [0.29, 0.717) is 36.2 Å². The average molecular weight is 369 g/mol. The zero-order chi connectivity index (χ0) is 16.5. The molecule has 6 nitrogen and oxygen atoms in total. The molecule has 2 bridgehead atoms. The van der Waals surface area contributed by atoms with Crippen molar-refractivity contribution in [3.8, 4) is 0 Å². The molecule has 3 atom stereocenters. The average Bonchev–Trinajstić information content (AvgIpc) is 3.27. The standard InChI is InChI=1S/C18H28N4O2.ClH/c1-11(18-21-17(22-24-18)13-4-2-3-5-13)19-16(23)10-12-8-14-6-7-15(9-12)20-14;/h11-15,20H,2-10H2,1H3,(H,19,23);1H. The van der Waals surface area contributed by atoms with Gasteiger partial charge in [0.15, 0.2) is 5.82 Å². The smallest absolute Gasteiger partial charge is 0.248 e. The second-order valence-corrected chi connectivity index (χ2v) is 7.94. The summed E-state index contributed by atoms with van der Waals surface area (Å²) >= 11 is 0. The molecule has 1 amide bonds. The van der Waals surface area contributed by atoms with Gasteiger partial charge in [-0.1, -0.05) is 18.0 Å². The monoisotopic (exact) mass is 368 g/mol. The van der Waals surface area contributed by atoms with E-state index in [2.05, 4.69) is 20.8 Å². The van der Waals surface area contributed by atoms with E-state index in [-0.39, 0.29) is 24.4 Å². The van der Waals surface area contributed by atoms with E-state index in [1.54, 1.807) is 0 Å². The van der Waals surface area contributed by atoms with E-state index in [1.807, 2.05) is 6.92 Å². The van der Waals surface area contributed by atoms with Gasteiger partial charge in [0.05, 0.1) is 0 Å². The molecular weight excluding hydrogens is 340 g/mol. The van der Waals surface area contributed by atoms with Crippen LogP contribution in [0.2, 0.25) is 0 Å². The number of hydrogen-bond donors (Lipinski definition) is 2. The van der Waals surface area contributed by atoms with Crippen molar-refractivity contribution >= 4 is 18.3 Å². The topological polar surface area (TPSA) is 80.0 Å². The van der Waals surface area contributed by atoms with Crippen LogP contribution in [0.5, 0.6) is 0 Å². The molecule has 2 saturated heterocycles. The summed E-state index contributed by atoms with van der Waals surface area (Å²) in [5, 5.41) is 10.8. The fourth-order valence-corrected chi connectivity index (χ4v) is 4.74. The Morgan fingerprint density at radius 2 is 1.92 bits per heavy atom. The van der Waals surface area contributed by atoms with Gasteiger partial charge in [-0.05, 0) is 51.4 Å². The van der Waals surface area contributed by atoms with Crippen molar-refractivity contribution < 1.29 is 9.32 Å². The van der Waals surface area contributed by atoms with Crippen LogP contribution in [0.1, 0.15) is 88.4 Å². The van der Waals surface area contributed by atoms with Crippen LogP contribution in [0.4, 0.5) is 0 Å². The number of rotatable bonds is 5. The minimum Gasteiger partial charge on any atom is -0.345 e. The third-order valence-corrected chi connectivity index (χ3v) is 5.97. The van der Waals surface area contributed by atoms with Crippen molar-refractivity contribution in [1.82, 2.24) is 20.8 Å². The van der Waals surface area contributed by atoms with E-state index in [1.165, 1.54) is 25.7 Å². The summed E-state index contributed by atoms with van der Waals surface area (Å²) in [5.74, 6) is 2.41. The van der Waals surface area contributed by atoms with Crippen LogP contribution >= 0.6 is 12.4 Å². The van der Waals surface area contributed by atoms with Crippen LogP contribution in [0.25, 0.3) is 0 Å². The van der Waals surface area contributed by atoms with Crippen molar-refractivity contribution in [2.24, 2.45) is 5.92 Å². The summed E-state index contributed by atoms with van der Waals surface area (Å²) in [7, 11) is 0. The molecule has 0 aromatic carbocycles. The van der Waals surface area contributed by atoms with E-state index in [0.717, 1.165) is 31.5 Å². The molecule has 2 N–H and O–H groups in total. The molecule has 3 unspecified atom stereocenters. The van der Waals surface area contributed by atoms with Crippen LogP contribution in [0, 0.1) is 5.92 Å². The first-order chi connectivity index (χ1) is 11.7. The van der Waals surface area contributed by atoms with Crippen LogP contribution < -0.4 is 10.6 Å². The highest BCUT2D eigenvalue weighted by atomic mass is 35.5. The Bertz CT molecular complexity index is 575. The second-order valence-electron chi connectivity index (χ2n) is 7.94. The van der Waals surface area contributed by atoms with Crippen molar-refractivity contribution in [3.63, 3.8) is 0 Å². The Morgan fingerprint density at radius 3 is 2.60 bits per heavy atom. The lowest BCUT2D eigenvalue weighted by Crippen LogP contribution is -2.40. The molecule has 1 saturated carbocycles. The molecule has 4 rings (SSSR count). The molecule has 0 spiro atoms. The first-order valence-electron chi connectivity index (χ1n) is 9.56. The Morgan fingerprint density at radius 1 is 1.24 bits per heavy atom. The molecule has 2 aliphatic heterocycles. The predicted molar refractivity (Wildman–Crippen MR) is 96.6 cm³/mol. The van der Waals surface area contributed by atoms with Gasteiger partial charge < -0.3 is 15.2 Å². The van der Waals surface area contributed by atoms with Gasteiger partial charge in [-0.15, -0.1) is 12.4 Å². The second kappa shape index (κ2) is 8.04. The Hall–Kier alpha value is -1.14. The van der Waals surface area contributed by atoms with Crippen LogP contribution in [0.15, 0.2) is 4.52 Å². The number of amides is 1. The zero-order valence-corrected chi connectivity index (χ0v) is 15.7. The van der Waals surface area contributed by atoms with Gasteiger partial charge in [-0.3, -0.25) is 4.79 Å². The Balaban J connectivity index is 0.00000182. The molecule has 3 heterocycles. The van der Waals surface area contributed by atoms with E-state index in [9.17, 15) is 4.79 Å². The molecule has 1 aromatic heterocycles. The van der Waals surface area contributed by atoms with Crippen molar-refractivity contribution in [2.45, 2.75) is 88.8 Å². The SMILES string of the molecule is CC(NC(=O)CC1CC2CCC(C1)N2)c1nc(C2CCCC2)no1.Cl. The fraction of sp³-hybridized carbons (Fsp3) is 0.833. The minimum atomic E-state index is -0.210. The Labute approximate surface area is 155 Å². The number of nitrogens with zero attached hydrogens (tertiary/aromatic N) is 2. The first kappa shape index (κ1) is 18.6. The van der Waals surface area contributed by atoms with E-state index in [4.69, 9.17) is 4.52 Å². The van der Waals surface area contributed by atoms with Gasteiger partial charge >= 0.3 is 0 Å². The maximum atomic E-state index is 12.4. The maximum Gasteiger partial charge on any atom is 0.248 e. The highest BCUT2D eigenvalue weighted by molar-refractivity contribution is 5.85. The van der Waals surface area contributed by atoms with Crippen molar-refractivity contribution in [3.05, 3.63) is 11.7 Å². The van der Waals surface area contributed by atoms with Gasteiger partial charge in [0.25, 0.3) is 0 Å². The molecule has 25 heavy (non-hydrogen) atoms. The van der Waals surface area contributed by atoms with E-state index >= 15 is 0 Å². The number of halogens is 1. The molecular formula is C18H29ClN4O2. The molecule has 140 valence electrons. The van der Waals surface area contributed by atoms with Gasteiger partial charge in [-0.25, -0.2) is 0 Å². The van der Waals surface area contributed by atoms with Gasteiger partial charge in [0, 0.05) is 24.4 Å². The number of aromatic nitrogens is 2. The lowest BCUT2D eigenvalue weighted by molar-refractivity contribution is -0.123. The van der Waals surface area contributed by atoms with E-state index < -0.39 is 0 Å². The third kappa shape index (κ3) is 4.34. The summed E-state index contributed by atoms with van der Waals surface area (Å²) < 4.78 is 5.39. The summed E-state index contributed by atoms with van der Waals surface area (Å²) in [6.07, 6.45) is 10.2. The molecule has 3 fully saturated rings. The summed E-state index contributed by atoms with van der Waals surface area (Å²) in [6.45, 7) is 1.93. The number of carbonyl (C=O) groups excluding carboxylic acids is 1. The van der Waals surface area contributed by atoms with Gasteiger partial charge in [0.2, 0.25) is 11.8 Å². The largest absolute Gasteiger partial charge is 0.345 e. The number of piperidine rings is 1. The van der Waals surface area contributed by atoms with Crippen LogP contribution in [-0.2, 0) is 4.79 Å². The number of nitrogens with one attached hydrogen (secondary N) is 2. The molecule has 1 aromatic rings. The van der Waals surface area contributed by atoms with Gasteiger partial charge in [-0.2, -0.15) is 4.98 Å². The van der Waals surface area contributed by atoms with Crippen LogP contribution in [-0.4, -0.2) is 28.1 Å². The van der Waals surface area contributed by atoms with Crippen LogP contribution in [0.3, 0.4) is 0 Å². The quantitative estimate of drug-likeness (QED) is 0.833. The summed E-state index contributed by atoms with van der Waals surface area (Å²) in [6, 6.07) is 1.05. The summed E-state index contributed by atoms with van der Waals surface area (Å²) in [4.78, 5) is 16.9. The Kier molecular flexibility index (Phi) is 6.00. The highest BCUT2D eigenvalue weighted by Crippen LogP contribution is 2.34. The number of hydrogen-bond acceptors (Lipinski definition) is 5. The predicted octanol–water partition coefficient (Wildman–Crippen LogP) is 3.25. The maximum absolute atomic E-state index is 12.4. The highest BCUT2D eigenvalue weighted by Gasteiger charge is 2.34. The first-order valence-corrected chi connectivity index (χ1v) is 9.56. The number of carbonyl (C=O) groups is 1. The zero-order valence-electron chi connectivity index (χ0n) is 14.9. The lowest BCUT2D eigenvalue weighted by Gasteiger charge is -2.28. The third-order valence-electron chi connectivity index (χ3n) is 5.97. The normalized spacial score (nSPS) is 30.0. The minimum absolute atomic E-state index is 0. The number of fused-ring (bicyclic) bond motifs is 2. The molecule has 0 radical (unpaired) electrons. The van der Waals surface area contributed by atoms with Gasteiger partial charge in [0.1, 0.15) is 6.04 Å². The lowest BCUT2D eigenvalue weighted by atomic mass is 9.89. The fourth-order valence-electron chi connectivity index (χ4n) is 4.74. The van der Waals surface area contributed by atoms with Crippen molar-refractivity contribution in [1.29, 1.82) is 0 Å². The molecule has 3 aliphatic rings.